The molecular weight excluding hydrogens is 420 g/mol. The lowest BCUT2D eigenvalue weighted by molar-refractivity contribution is -0.141. The summed E-state index contributed by atoms with van der Waals surface area (Å²) in [5.41, 5.74) is 3.39. The quantitative estimate of drug-likeness (QED) is 0.433. The van der Waals surface area contributed by atoms with E-state index in [1.54, 1.807) is 0 Å². The highest BCUT2D eigenvalue weighted by molar-refractivity contribution is 5.89. The monoisotopic (exact) mass is 456 g/mol. The zero-order chi connectivity index (χ0) is 23.9. The van der Waals surface area contributed by atoms with Gasteiger partial charge in [0, 0.05) is 19.0 Å². The molecule has 0 radical (unpaired) electrons. The number of aryl methyl sites for hydroxylation is 2. The molecule has 0 spiro atoms. The average Bonchev–Trinajstić information content (AvgIpc) is 3.35. The van der Waals surface area contributed by atoms with E-state index >= 15 is 0 Å². The number of hydrogen-bond acceptors (Lipinski definition) is 2. The molecule has 3 aromatic carbocycles. The molecule has 2 amide bonds. The van der Waals surface area contributed by atoms with Crippen molar-refractivity contribution in [2.24, 2.45) is 0 Å². The Balaban J connectivity index is 1.54. The van der Waals surface area contributed by atoms with Crippen molar-refractivity contribution in [2.75, 3.05) is 0 Å². The summed E-state index contributed by atoms with van der Waals surface area (Å²) in [6, 6.07) is 22.6. The number of hydrogen-bond donors (Lipinski definition) is 1. The SMILES string of the molecule is CCC(C(=O)NC1CCCC1)N(Cc1cccc(C)c1)C(=O)CCc1cccc2ccccc12. The van der Waals surface area contributed by atoms with Crippen LogP contribution in [0, 0.1) is 6.92 Å². The normalized spacial score (nSPS) is 14.8. The number of rotatable bonds is 9. The highest BCUT2D eigenvalue weighted by atomic mass is 16.2. The Hall–Kier alpha value is -3.14. The van der Waals surface area contributed by atoms with Crippen LogP contribution in [0.25, 0.3) is 10.8 Å². The van der Waals surface area contributed by atoms with Crippen LogP contribution in [-0.2, 0) is 22.6 Å². The van der Waals surface area contributed by atoms with Crippen molar-refractivity contribution in [3.05, 3.63) is 83.4 Å². The molecule has 1 N–H and O–H groups in total. The molecule has 0 heterocycles. The second-order valence-corrected chi connectivity index (χ2v) is 9.56. The zero-order valence-corrected chi connectivity index (χ0v) is 20.4. The third kappa shape index (κ3) is 5.85. The van der Waals surface area contributed by atoms with E-state index in [2.05, 4.69) is 54.7 Å². The van der Waals surface area contributed by atoms with Crippen LogP contribution in [0.1, 0.15) is 62.1 Å². The topological polar surface area (TPSA) is 49.4 Å². The summed E-state index contributed by atoms with van der Waals surface area (Å²) < 4.78 is 0. The van der Waals surface area contributed by atoms with Crippen molar-refractivity contribution in [3.63, 3.8) is 0 Å². The van der Waals surface area contributed by atoms with Crippen molar-refractivity contribution in [1.82, 2.24) is 10.2 Å². The third-order valence-corrected chi connectivity index (χ3v) is 7.01. The number of benzene rings is 3. The molecule has 0 aromatic heterocycles. The Morgan fingerprint density at radius 1 is 1.00 bits per heavy atom. The molecular formula is C30H36N2O2. The maximum atomic E-state index is 13.6. The van der Waals surface area contributed by atoms with Crippen LogP contribution in [0.5, 0.6) is 0 Å². The van der Waals surface area contributed by atoms with Gasteiger partial charge < -0.3 is 10.2 Å². The van der Waals surface area contributed by atoms with Crippen LogP contribution >= 0.6 is 0 Å². The largest absolute Gasteiger partial charge is 0.352 e. The molecule has 0 bridgehead atoms. The van der Waals surface area contributed by atoms with Crippen molar-refractivity contribution in [3.8, 4) is 0 Å². The Bertz CT molecular complexity index is 1130. The van der Waals surface area contributed by atoms with Crippen LogP contribution < -0.4 is 5.32 Å². The minimum absolute atomic E-state index is 0.0134. The predicted octanol–water partition coefficient (Wildman–Crippen LogP) is 5.95. The Morgan fingerprint density at radius 3 is 2.50 bits per heavy atom. The van der Waals surface area contributed by atoms with E-state index in [0.717, 1.165) is 24.0 Å². The first-order chi connectivity index (χ1) is 16.5. The fourth-order valence-corrected chi connectivity index (χ4v) is 5.19. The second kappa shape index (κ2) is 11.3. The van der Waals surface area contributed by atoms with E-state index < -0.39 is 6.04 Å². The molecule has 1 aliphatic carbocycles. The first kappa shape index (κ1) is 24.0. The molecule has 4 nitrogen and oxygen atoms in total. The molecule has 1 unspecified atom stereocenters. The van der Waals surface area contributed by atoms with Crippen molar-refractivity contribution in [2.45, 2.75) is 77.4 Å². The van der Waals surface area contributed by atoms with Gasteiger partial charge >= 0.3 is 0 Å². The van der Waals surface area contributed by atoms with Crippen molar-refractivity contribution >= 4 is 22.6 Å². The molecule has 1 fully saturated rings. The smallest absolute Gasteiger partial charge is 0.243 e. The molecule has 1 atom stereocenters. The van der Waals surface area contributed by atoms with E-state index in [9.17, 15) is 9.59 Å². The van der Waals surface area contributed by atoms with Gasteiger partial charge in [0.25, 0.3) is 0 Å². The molecule has 4 heteroatoms. The standard InChI is InChI=1S/C30H36N2O2/c1-3-28(30(34)31-26-15-5-6-16-26)32(21-23-11-8-10-22(2)20-23)29(33)19-18-25-14-9-13-24-12-4-7-17-27(24)25/h4,7-14,17,20,26,28H,3,5-6,15-16,18-19,21H2,1-2H3,(H,31,34). The van der Waals surface area contributed by atoms with Crippen molar-refractivity contribution in [1.29, 1.82) is 0 Å². The molecule has 178 valence electrons. The molecule has 4 rings (SSSR count). The lowest BCUT2D eigenvalue weighted by Gasteiger charge is -2.31. The minimum atomic E-state index is -0.457. The fraction of sp³-hybridized carbons (Fsp3) is 0.400. The van der Waals surface area contributed by atoms with E-state index in [1.807, 2.05) is 36.1 Å². The molecule has 0 saturated heterocycles. The fourth-order valence-electron chi connectivity index (χ4n) is 5.19. The Labute approximate surface area is 203 Å². The average molecular weight is 457 g/mol. The number of carbonyl (C=O) groups excluding carboxylic acids is 2. The molecule has 34 heavy (non-hydrogen) atoms. The van der Waals surface area contributed by atoms with Crippen molar-refractivity contribution < 1.29 is 9.59 Å². The van der Waals surface area contributed by atoms with Crippen LogP contribution in [0.4, 0.5) is 0 Å². The minimum Gasteiger partial charge on any atom is -0.352 e. The molecule has 1 aliphatic rings. The van der Waals surface area contributed by atoms with E-state index in [4.69, 9.17) is 0 Å². The van der Waals surface area contributed by atoms with E-state index in [1.165, 1.54) is 29.2 Å². The van der Waals surface area contributed by atoms with Gasteiger partial charge in [-0.3, -0.25) is 9.59 Å². The third-order valence-electron chi connectivity index (χ3n) is 7.01. The van der Waals surface area contributed by atoms with Gasteiger partial charge in [0.05, 0.1) is 0 Å². The van der Waals surface area contributed by atoms with Gasteiger partial charge in [-0.2, -0.15) is 0 Å². The van der Waals surface area contributed by atoms with Gasteiger partial charge in [0.1, 0.15) is 6.04 Å². The highest BCUT2D eigenvalue weighted by Gasteiger charge is 2.30. The summed E-state index contributed by atoms with van der Waals surface area (Å²) in [4.78, 5) is 28.7. The maximum absolute atomic E-state index is 13.6. The van der Waals surface area contributed by atoms with Gasteiger partial charge in [0.2, 0.25) is 11.8 Å². The lowest BCUT2D eigenvalue weighted by Crippen LogP contribution is -2.51. The summed E-state index contributed by atoms with van der Waals surface area (Å²) in [7, 11) is 0. The van der Waals surface area contributed by atoms with Crippen LogP contribution in [0.2, 0.25) is 0 Å². The summed E-state index contributed by atoms with van der Waals surface area (Å²) in [5.74, 6) is 0.0171. The van der Waals surface area contributed by atoms with Gasteiger partial charge in [-0.1, -0.05) is 92.1 Å². The van der Waals surface area contributed by atoms with Gasteiger partial charge in [-0.15, -0.1) is 0 Å². The van der Waals surface area contributed by atoms with Gasteiger partial charge in [-0.05, 0) is 54.5 Å². The number of carbonyl (C=O) groups is 2. The second-order valence-electron chi connectivity index (χ2n) is 9.56. The zero-order valence-electron chi connectivity index (χ0n) is 20.4. The number of amides is 2. The van der Waals surface area contributed by atoms with Gasteiger partial charge in [-0.25, -0.2) is 0 Å². The predicted molar refractivity (Wildman–Crippen MR) is 138 cm³/mol. The Morgan fingerprint density at radius 2 is 1.74 bits per heavy atom. The number of nitrogens with zero attached hydrogens (tertiary/aromatic N) is 1. The van der Waals surface area contributed by atoms with E-state index in [0.29, 0.717) is 25.8 Å². The number of fused-ring (bicyclic) bond motifs is 1. The Kier molecular flexibility index (Phi) is 7.99. The lowest BCUT2D eigenvalue weighted by atomic mass is 10.00. The maximum Gasteiger partial charge on any atom is 0.243 e. The molecule has 1 saturated carbocycles. The first-order valence-corrected chi connectivity index (χ1v) is 12.7. The molecule has 0 aliphatic heterocycles. The van der Waals surface area contributed by atoms with Crippen LogP contribution in [0.3, 0.4) is 0 Å². The first-order valence-electron chi connectivity index (χ1n) is 12.7. The summed E-state index contributed by atoms with van der Waals surface area (Å²) in [5, 5.41) is 5.60. The number of nitrogens with one attached hydrogen (secondary N) is 1. The highest BCUT2D eigenvalue weighted by Crippen LogP contribution is 2.22. The summed E-state index contributed by atoms with van der Waals surface area (Å²) in [6.45, 7) is 4.51. The molecule has 3 aromatic rings. The van der Waals surface area contributed by atoms with Crippen LogP contribution in [0.15, 0.2) is 66.7 Å². The van der Waals surface area contributed by atoms with Crippen LogP contribution in [-0.4, -0.2) is 28.8 Å². The summed E-state index contributed by atoms with van der Waals surface area (Å²) in [6.07, 6.45) is 6.05. The summed E-state index contributed by atoms with van der Waals surface area (Å²) >= 11 is 0. The van der Waals surface area contributed by atoms with E-state index in [-0.39, 0.29) is 17.9 Å². The van der Waals surface area contributed by atoms with Gasteiger partial charge in [0.15, 0.2) is 0 Å².